The first kappa shape index (κ1) is 25.9. The summed E-state index contributed by atoms with van der Waals surface area (Å²) in [5, 5.41) is 9.35. The number of methoxy groups -OCH3 is 1. The molecule has 1 N–H and O–H groups in total. The van der Waals surface area contributed by atoms with Crippen LogP contribution in [0.3, 0.4) is 0 Å². The molecule has 1 aliphatic carbocycles. The number of rotatable bonds is 10. The molecular weight excluding hydrogens is 455 g/mol. The first-order valence-corrected chi connectivity index (χ1v) is 12.5. The summed E-state index contributed by atoms with van der Waals surface area (Å²) >= 11 is 0. The third-order valence-electron chi connectivity index (χ3n) is 6.86. The van der Waals surface area contributed by atoms with Crippen LogP contribution in [0.5, 0.6) is 5.75 Å². The second-order valence-electron chi connectivity index (χ2n) is 10.8. The van der Waals surface area contributed by atoms with Crippen LogP contribution in [0.15, 0.2) is 66.7 Å². The molecular formula is C31H35FO4. The lowest BCUT2D eigenvalue weighted by Crippen LogP contribution is -2.21. The highest BCUT2D eigenvalue weighted by Crippen LogP contribution is 2.45. The van der Waals surface area contributed by atoms with E-state index in [1.54, 1.807) is 19.2 Å². The molecule has 1 aliphatic rings. The minimum absolute atomic E-state index is 0.0203. The average Bonchev–Trinajstić information content (AvgIpc) is 3.67. The summed E-state index contributed by atoms with van der Waals surface area (Å²) in [6.45, 7) is 6.65. The molecule has 36 heavy (non-hydrogen) atoms. The smallest absolute Gasteiger partial charge is 0.303 e. The molecule has 5 heteroatoms. The Morgan fingerprint density at radius 1 is 1.03 bits per heavy atom. The number of carboxylic acids is 1. The molecule has 0 amide bonds. The molecule has 0 spiro atoms. The zero-order valence-corrected chi connectivity index (χ0v) is 21.5. The fourth-order valence-corrected chi connectivity index (χ4v) is 5.04. The third kappa shape index (κ3) is 6.14. The van der Waals surface area contributed by atoms with E-state index in [1.807, 2.05) is 48.5 Å². The van der Waals surface area contributed by atoms with Gasteiger partial charge in [0, 0.05) is 12.7 Å². The van der Waals surface area contributed by atoms with Gasteiger partial charge in [0.2, 0.25) is 0 Å². The molecule has 2 atom stereocenters. The van der Waals surface area contributed by atoms with Gasteiger partial charge >= 0.3 is 5.97 Å². The van der Waals surface area contributed by atoms with Crippen molar-refractivity contribution in [3.63, 3.8) is 0 Å². The van der Waals surface area contributed by atoms with Crippen LogP contribution in [0.4, 0.5) is 4.39 Å². The highest BCUT2D eigenvalue weighted by molar-refractivity contribution is 5.69. The Hall–Kier alpha value is -3.18. The molecule has 4 nitrogen and oxygen atoms in total. The summed E-state index contributed by atoms with van der Waals surface area (Å²) in [4.78, 5) is 11.4. The maximum Gasteiger partial charge on any atom is 0.303 e. The van der Waals surface area contributed by atoms with E-state index in [1.165, 1.54) is 6.07 Å². The quantitative estimate of drug-likeness (QED) is 0.315. The number of hydrogen-bond acceptors (Lipinski definition) is 3. The Labute approximate surface area is 213 Å². The molecule has 0 aromatic heterocycles. The van der Waals surface area contributed by atoms with Gasteiger partial charge in [-0.3, -0.25) is 4.79 Å². The molecule has 1 saturated carbocycles. The molecule has 0 saturated heterocycles. The van der Waals surface area contributed by atoms with Crippen molar-refractivity contribution in [1.29, 1.82) is 0 Å². The van der Waals surface area contributed by atoms with Crippen molar-refractivity contribution >= 4 is 5.97 Å². The van der Waals surface area contributed by atoms with E-state index in [0.717, 1.165) is 35.1 Å². The Kier molecular flexibility index (Phi) is 7.79. The minimum atomic E-state index is -0.771. The van der Waals surface area contributed by atoms with Gasteiger partial charge in [-0.1, -0.05) is 63.2 Å². The first-order chi connectivity index (χ1) is 17.2. The molecule has 3 aromatic carbocycles. The van der Waals surface area contributed by atoms with Crippen LogP contribution in [0, 0.1) is 17.2 Å². The number of benzene rings is 3. The predicted molar refractivity (Wildman–Crippen MR) is 140 cm³/mol. The number of aliphatic carboxylic acids is 1. The lowest BCUT2D eigenvalue weighted by Gasteiger charge is -2.32. The Balaban J connectivity index is 1.61. The fraction of sp³-hybridized carbons (Fsp3) is 0.387. The van der Waals surface area contributed by atoms with Gasteiger partial charge in [-0.05, 0) is 76.6 Å². The molecule has 1 unspecified atom stereocenters. The van der Waals surface area contributed by atoms with Crippen LogP contribution in [0.25, 0.3) is 11.1 Å². The minimum Gasteiger partial charge on any atom is -0.489 e. The topological polar surface area (TPSA) is 55.8 Å². The van der Waals surface area contributed by atoms with Gasteiger partial charge in [0.15, 0.2) is 0 Å². The van der Waals surface area contributed by atoms with E-state index in [0.29, 0.717) is 23.8 Å². The summed E-state index contributed by atoms with van der Waals surface area (Å²) in [5.41, 5.74) is 4.03. The Bertz CT molecular complexity index is 1210. The molecule has 0 aliphatic heterocycles. The maximum absolute atomic E-state index is 14.7. The second-order valence-corrected chi connectivity index (χ2v) is 10.8. The zero-order valence-electron chi connectivity index (χ0n) is 21.5. The third-order valence-corrected chi connectivity index (χ3v) is 6.86. The van der Waals surface area contributed by atoms with Crippen molar-refractivity contribution in [2.75, 3.05) is 7.11 Å². The summed E-state index contributed by atoms with van der Waals surface area (Å²) < 4.78 is 26.8. The van der Waals surface area contributed by atoms with Crippen molar-refractivity contribution in [1.82, 2.24) is 0 Å². The predicted octanol–water partition coefficient (Wildman–Crippen LogP) is 7.77. The summed E-state index contributed by atoms with van der Waals surface area (Å²) in [5.74, 6) is 0.129. The monoisotopic (exact) mass is 490 g/mol. The molecule has 1 fully saturated rings. The van der Waals surface area contributed by atoms with Gasteiger partial charge in [-0.15, -0.1) is 0 Å². The lowest BCUT2D eigenvalue weighted by atomic mass is 9.81. The highest BCUT2D eigenvalue weighted by atomic mass is 19.1. The number of hydrogen-bond donors (Lipinski definition) is 1. The van der Waals surface area contributed by atoms with Crippen LogP contribution in [0.2, 0.25) is 0 Å². The van der Waals surface area contributed by atoms with Gasteiger partial charge in [-0.25, -0.2) is 4.39 Å². The Morgan fingerprint density at radius 3 is 2.42 bits per heavy atom. The molecule has 190 valence electrons. The highest BCUT2D eigenvalue weighted by Gasteiger charge is 2.34. The molecule has 4 rings (SSSR count). The lowest BCUT2D eigenvalue weighted by molar-refractivity contribution is -0.137. The zero-order chi connectivity index (χ0) is 25.9. The van der Waals surface area contributed by atoms with Gasteiger partial charge in [0.1, 0.15) is 18.2 Å². The van der Waals surface area contributed by atoms with Gasteiger partial charge < -0.3 is 14.6 Å². The van der Waals surface area contributed by atoms with Crippen molar-refractivity contribution in [3.8, 4) is 16.9 Å². The van der Waals surface area contributed by atoms with Crippen LogP contribution >= 0.6 is 0 Å². The number of carboxylic acid groups (broad SMARTS) is 1. The van der Waals surface area contributed by atoms with Crippen LogP contribution in [-0.2, 0) is 16.1 Å². The summed E-state index contributed by atoms with van der Waals surface area (Å²) in [6, 6.07) is 20.5. The van der Waals surface area contributed by atoms with E-state index >= 15 is 0 Å². The van der Waals surface area contributed by atoms with E-state index in [4.69, 9.17) is 9.47 Å². The molecule has 3 aromatic rings. The van der Waals surface area contributed by atoms with E-state index in [-0.39, 0.29) is 29.7 Å². The maximum atomic E-state index is 14.7. The Morgan fingerprint density at radius 2 is 1.78 bits per heavy atom. The van der Waals surface area contributed by atoms with Crippen molar-refractivity contribution in [2.24, 2.45) is 11.3 Å². The van der Waals surface area contributed by atoms with Gasteiger partial charge in [-0.2, -0.15) is 0 Å². The van der Waals surface area contributed by atoms with Crippen molar-refractivity contribution in [2.45, 2.75) is 58.7 Å². The van der Waals surface area contributed by atoms with Crippen LogP contribution in [0.1, 0.15) is 68.7 Å². The number of halogens is 1. The van der Waals surface area contributed by atoms with Gasteiger partial charge in [0.05, 0.1) is 12.5 Å². The molecule has 0 bridgehead atoms. The standard InChI is InChI=1S/C31H35FO4/c1-31(2,3)30(35-4)27-16-20(12-15-24(27)25-10-5-6-11-28(25)32)19-36-23-9-7-8-22(17-23)26(18-29(33)34)21-13-14-21/h5-12,15-17,21,26,30H,13-14,18-19H2,1-4H3,(H,33,34)/t26-,30?/m1/s1. The normalized spacial score (nSPS) is 15.4. The first-order valence-electron chi connectivity index (χ1n) is 12.5. The van der Waals surface area contributed by atoms with E-state index < -0.39 is 5.97 Å². The van der Waals surface area contributed by atoms with Crippen molar-refractivity contribution in [3.05, 3.63) is 89.2 Å². The van der Waals surface area contributed by atoms with E-state index in [2.05, 4.69) is 20.8 Å². The second kappa shape index (κ2) is 10.8. The van der Waals surface area contributed by atoms with Gasteiger partial charge in [0.25, 0.3) is 0 Å². The molecule has 0 radical (unpaired) electrons. The largest absolute Gasteiger partial charge is 0.489 e. The van der Waals surface area contributed by atoms with Crippen molar-refractivity contribution < 1.29 is 23.8 Å². The average molecular weight is 491 g/mol. The summed E-state index contributed by atoms with van der Waals surface area (Å²) in [7, 11) is 1.68. The number of ether oxygens (including phenoxy) is 2. The van der Waals surface area contributed by atoms with Crippen LogP contribution < -0.4 is 4.74 Å². The van der Waals surface area contributed by atoms with Crippen LogP contribution in [-0.4, -0.2) is 18.2 Å². The SMILES string of the molecule is COC(c1cc(COc2cccc([C@H](CC(=O)O)C3CC3)c2)ccc1-c1ccccc1F)C(C)(C)C. The van der Waals surface area contributed by atoms with E-state index in [9.17, 15) is 14.3 Å². The molecule has 0 heterocycles. The number of carbonyl (C=O) groups is 1. The fourth-order valence-electron chi connectivity index (χ4n) is 5.04. The summed E-state index contributed by atoms with van der Waals surface area (Å²) in [6.07, 6.45) is 2.05.